The van der Waals surface area contributed by atoms with E-state index in [1.54, 1.807) is 4.90 Å². The average Bonchev–Trinajstić information content (AvgIpc) is 2.53. The Morgan fingerprint density at radius 3 is 2.62 bits per heavy atom. The summed E-state index contributed by atoms with van der Waals surface area (Å²) in [4.78, 5) is 28.8. The number of carbonyl (C=O) groups excluding carboxylic acids is 2. The molecule has 21 heavy (non-hydrogen) atoms. The average molecular weight is 295 g/mol. The van der Waals surface area contributed by atoms with Crippen LogP contribution in [0.4, 0.5) is 0 Å². The van der Waals surface area contributed by atoms with Gasteiger partial charge in [-0.2, -0.15) is 0 Å². The lowest BCUT2D eigenvalue weighted by Gasteiger charge is -2.38. The van der Waals surface area contributed by atoms with Crippen molar-refractivity contribution in [3.63, 3.8) is 0 Å². The van der Waals surface area contributed by atoms with E-state index in [0.717, 1.165) is 51.7 Å². The summed E-state index contributed by atoms with van der Waals surface area (Å²) in [7, 11) is 0. The first kappa shape index (κ1) is 16.3. The van der Waals surface area contributed by atoms with Gasteiger partial charge in [-0.05, 0) is 52.0 Å². The van der Waals surface area contributed by atoms with E-state index < -0.39 is 0 Å². The molecule has 5 nitrogen and oxygen atoms in total. The summed E-state index contributed by atoms with van der Waals surface area (Å²) in [5.74, 6) is 0.228. The molecule has 2 unspecified atom stereocenters. The van der Waals surface area contributed by atoms with Crippen LogP contribution in [0.15, 0.2) is 0 Å². The van der Waals surface area contributed by atoms with Crippen molar-refractivity contribution < 1.29 is 9.59 Å². The number of piperidine rings is 2. The van der Waals surface area contributed by atoms with Crippen LogP contribution in [0.25, 0.3) is 0 Å². The zero-order chi connectivity index (χ0) is 15.2. The number of rotatable bonds is 5. The molecule has 0 bridgehead atoms. The molecule has 2 aliphatic heterocycles. The number of nitrogens with zero attached hydrogens (tertiary/aromatic N) is 2. The van der Waals surface area contributed by atoms with E-state index in [1.165, 1.54) is 6.42 Å². The standard InChI is InChI=1S/C16H29N3O2/c1-3-9-17-14-8-7-12-19(16(14)21)13(2)15(20)18-10-5-4-6-11-18/h13-14,17H,3-12H2,1-2H3. The lowest BCUT2D eigenvalue weighted by atomic mass is 10.0. The van der Waals surface area contributed by atoms with Crippen molar-refractivity contribution in [3.8, 4) is 0 Å². The van der Waals surface area contributed by atoms with Gasteiger partial charge in [-0.1, -0.05) is 6.92 Å². The maximum absolute atomic E-state index is 12.6. The van der Waals surface area contributed by atoms with Gasteiger partial charge in [0.1, 0.15) is 6.04 Å². The van der Waals surface area contributed by atoms with E-state index >= 15 is 0 Å². The zero-order valence-electron chi connectivity index (χ0n) is 13.4. The van der Waals surface area contributed by atoms with Gasteiger partial charge < -0.3 is 15.1 Å². The Kier molecular flexibility index (Phi) is 6.03. The van der Waals surface area contributed by atoms with Crippen LogP contribution in [-0.2, 0) is 9.59 Å². The minimum absolute atomic E-state index is 0.102. The summed E-state index contributed by atoms with van der Waals surface area (Å²) in [6.45, 7) is 7.26. The number of likely N-dealkylation sites (tertiary alicyclic amines) is 2. The quantitative estimate of drug-likeness (QED) is 0.833. The lowest BCUT2D eigenvalue weighted by molar-refractivity contribution is -0.148. The van der Waals surface area contributed by atoms with Crippen molar-refractivity contribution >= 4 is 11.8 Å². The van der Waals surface area contributed by atoms with Crippen LogP contribution < -0.4 is 5.32 Å². The van der Waals surface area contributed by atoms with Crippen LogP contribution in [-0.4, -0.2) is 59.9 Å². The van der Waals surface area contributed by atoms with Crippen molar-refractivity contribution in [1.82, 2.24) is 15.1 Å². The highest BCUT2D eigenvalue weighted by atomic mass is 16.2. The molecule has 2 rings (SSSR count). The molecule has 0 aromatic rings. The Morgan fingerprint density at radius 1 is 1.24 bits per heavy atom. The number of carbonyl (C=O) groups is 2. The van der Waals surface area contributed by atoms with Crippen molar-refractivity contribution in [2.75, 3.05) is 26.2 Å². The van der Waals surface area contributed by atoms with E-state index in [1.807, 2.05) is 11.8 Å². The van der Waals surface area contributed by atoms with E-state index in [-0.39, 0.29) is 23.9 Å². The zero-order valence-corrected chi connectivity index (χ0v) is 13.4. The number of nitrogens with one attached hydrogen (secondary N) is 1. The molecule has 0 aromatic heterocycles. The summed E-state index contributed by atoms with van der Waals surface area (Å²) in [6, 6.07) is -0.419. The van der Waals surface area contributed by atoms with Gasteiger partial charge in [0.15, 0.2) is 0 Å². The minimum Gasteiger partial charge on any atom is -0.341 e. The first-order valence-electron chi connectivity index (χ1n) is 8.47. The molecular weight excluding hydrogens is 266 g/mol. The Labute approximate surface area is 128 Å². The highest BCUT2D eigenvalue weighted by Gasteiger charge is 2.35. The molecule has 2 atom stereocenters. The van der Waals surface area contributed by atoms with Gasteiger partial charge in [0, 0.05) is 19.6 Å². The molecule has 0 spiro atoms. The first-order chi connectivity index (χ1) is 10.1. The Morgan fingerprint density at radius 2 is 1.95 bits per heavy atom. The summed E-state index contributed by atoms with van der Waals surface area (Å²) in [5.41, 5.74) is 0. The van der Waals surface area contributed by atoms with E-state index in [0.29, 0.717) is 6.54 Å². The highest BCUT2D eigenvalue weighted by molar-refractivity contribution is 5.90. The van der Waals surface area contributed by atoms with E-state index in [4.69, 9.17) is 0 Å². The number of hydrogen-bond acceptors (Lipinski definition) is 3. The van der Waals surface area contributed by atoms with Gasteiger partial charge in [0.2, 0.25) is 11.8 Å². The third-order valence-electron chi connectivity index (χ3n) is 4.61. The lowest BCUT2D eigenvalue weighted by Crippen LogP contribution is -2.57. The van der Waals surface area contributed by atoms with Crippen LogP contribution in [0.3, 0.4) is 0 Å². The molecule has 2 amide bonds. The highest BCUT2D eigenvalue weighted by Crippen LogP contribution is 2.18. The number of hydrogen-bond donors (Lipinski definition) is 1. The molecule has 0 saturated carbocycles. The van der Waals surface area contributed by atoms with Crippen LogP contribution >= 0.6 is 0 Å². The molecule has 1 N–H and O–H groups in total. The van der Waals surface area contributed by atoms with E-state index in [9.17, 15) is 9.59 Å². The SMILES string of the molecule is CCCNC1CCCN(C(C)C(=O)N2CCCCC2)C1=O. The van der Waals surface area contributed by atoms with Gasteiger partial charge in [-0.15, -0.1) is 0 Å². The molecular formula is C16H29N3O2. The summed E-state index contributed by atoms with van der Waals surface area (Å²) in [5, 5.41) is 3.31. The largest absolute Gasteiger partial charge is 0.341 e. The molecule has 2 aliphatic rings. The normalized spacial score (nSPS) is 25.0. The second-order valence-electron chi connectivity index (χ2n) is 6.24. The predicted octanol–water partition coefficient (Wildman–Crippen LogP) is 1.38. The van der Waals surface area contributed by atoms with Crippen LogP contribution in [0.1, 0.15) is 52.4 Å². The number of amides is 2. The minimum atomic E-state index is -0.318. The monoisotopic (exact) mass is 295 g/mol. The van der Waals surface area contributed by atoms with E-state index in [2.05, 4.69) is 12.2 Å². The Hall–Kier alpha value is -1.10. The van der Waals surface area contributed by atoms with Crippen LogP contribution in [0.5, 0.6) is 0 Å². The Balaban J connectivity index is 1.95. The van der Waals surface area contributed by atoms with Gasteiger partial charge in [0.25, 0.3) is 0 Å². The smallest absolute Gasteiger partial charge is 0.245 e. The van der Waals surface area contributed by atoms with Crippen molar-refractivity contribution in [3.05, 3.63) is 0 Å². The molecule has 2 fully saturated rings. The third-order valence-corrected chi connectivity index (χ3v) is 4.61. The fourth-order valence-electron chi connectivity index (χ4n) is 3.30. The molecule has 0 aromatic carbocycles. The summed E-state index contributed by atoms with van der Waals surface area (Å²) >= 11 is 0. The predicted molar refractivity (Wildman–Crippen MR) is 82.9 cm³/mol. The molecule has 2 saturated heterocycles. The van der Waals surface area contributed by atoms with Crippen LogP contribution in [0, 0.1) is 0 Å². The third kappa shape index (κ3) is 3.96. The second-order valence-corrected chi connectivity index (χ2v) is 6.24. The van der Waals surface area contributed by atoms with Crippen molar-refractivity contribution in [2.45, 2.75) is 64.5 Å². The maximum Gasteiger partial charge on any atom is 0.245 e. The Bertz CT molecular complexity index is 367. The van der Waals surface area contributed by atoms with Crippen molar-refractivity contribution in [1.29, 1.82) is 0 Å². The topological polar surface area (TPSA) is 52.7 Å². The molecule has 0 radical (unpaired) electrons. The molecule has 5 heteroatoms. The summed E-state index contributed by atoms with van der Waals surface area (Å²) in [6.07, 6.45) is 6.28. The van der Waals surface area contributed by atoms with Crippen molar-refractivity contribution in [2.24, 2.45) is 0 Å². The molecule has 120 valence electrons. The second kappa shape index (κ2) is 7.78. The maximum atomic E-state index is 12.6. The van der Waals surface area contributed by atoms with Gasteiger partial charge in [0.05, 0.1) is 6.04 Å². The fourth-order valence-corrected chi connectivity index (χ4v) is 3.30. The summed E-state index contributed by atoms with van der Waals surface area (Å²) < 4.78 is 0. The first-order valence-corrected chi connectivity index (χ1v) is 8.47. The van der Waals surface area contributed by atoms with Gasteiger partial charge in [-0.25, -0.2) is 0 Å². The van der Waals surface area contributed by atoms with Gasteiger partial charge in [-0.3, -0.25) is 9.59 Å². The molecule has 2 heterocycles. The van der Waals surface area contributed by atoms with Crippen LogP contribution in [0.2, 0.25) is 0 Å². The fraction of sp³-hybridized carbons (Fsp3) is 0.875. The molecule has 0 aliphatic carbocycles. The van der Waals surface area contributed by atoms with Gasteiger partial charge >= 0.3 is 0 Å².